The molecule has 3 aromatic heterocycles. The van der Waals surface area contributed by atoms with Crippen molar-refractivity contribution in [3.05, 3.63) is 85.7 Å². The van der Waals surface area contributed by atoms with Crippen molar-refractivity contribution in [2.45, 2.75) is 31.5 Å². The van der Waals surface area contributed by atoms with Gasteiger partial charge in [-0.05, 0) is 37.1 Å². The second kappa shape index (κ2) is 10.5. The lowest BCUT2D eigenvalue weighted by atomic mass is 9.97. The summed E-state index contributed by atoms with van der Waals surface area (Å²) in [5, 5.41) is 6.22. The van der Waals surface area contributed by atoms with Crippen molar-refractivity contribution in [1.29, 1.82) is 0 Å². The fourth-order valence-electron chi connectivity index (χ4n) is 4.39. The highest BCUT2D eigenvalue weighted by atomic mass is 35.5. The fourth-order valence-corrected chi connectivity index (χ4v) is 5.58. The van der Waals surface area contributed by atoms with Crippen molar-refractivity contribution in [3.8, 4) is 17.1 Å². The zero-order valence-corrected chi connectivity index (χ0v) is 21.5. The van der Waals surface area contributed by atoms with Crippen molar-refractivity contribution in [1.82, 2.24) is 24.2 Å². The van der Waals surface area contributed by atoms with E-state index in [9.17, 15) is 31.5 Å². The summed E-state index contributed by atoms with van der Waals surface area (Å²) in [7, 11) is 0. The Balaban J connectivity index is 1.23. The minimum atomic E-state index is -4.71. The molecular formula is C25H19ClF5N5O2S. The average molecular weight is 584 g/mol. The fraction of sp³-hybridized carbons (Fsp3) is 0.280. The number of benzene rings is 1. The number of piperidine rings is 1. The molecule has 4 aromatic rings. The van der Waals surface area contributed by atoms with Crippen molar-refractivity contribution >= 4 is 28.8 Å². The Morgan fingerprint density at radius 1 is 1.13 bits per heavy atom. The third-order valence-electron chi connectivity index (χ3n) is 6.42. The molecule has 1 saturated heterocycles. The summed E-state index contributed by atoms with van der Waals surface area (Å²) in [4.78, 5) is 31.0. The third-order valence-corrected chi connectivity index (χ3v) is 7.69. The summed E-state index contributed by atoms with van der Waals surface area (Å²) in [6.07, 6.45) is -1.44. The normalized spacial score (nSPS) is 14.7. The second-order valence-electron chi connectivity index (χ2n) is 8.95. The van der Waals surface area contributed by atoms with Gasteiger partial charge in [0, 0.05) is 36.8 Å². The Bertz CT molecular complexity index is 1570. The summed E-state index contributed by atoms with van der Waals surface area (Å²) >= 11 is 7.06. The smallest absolute Gasteiger partial charge is 0.341 e. The molecule has 1 aromatic carbocycles. The predicted molar refractivity (Wildman–Crippen MR) is 134 cm³/mol. The lowest BCUT2D eigenvalue weighted by Crippen LogP contribution is -2.41. The number of amides is 1. The van der Waals surface area contributed by atoms with E-state index in [1.807, 2.05) is 0 Å². The molecule has 14 heteroatoms. The Hall–Kier alpha value is -3.58. The van der Waals surface area contributed by atoms with E-state index >= 15 is 0 Å². The van der Waals surface area contributed by atoms with Gasteiger partial charge in [0.1, 0.15) is 23.2 Å². The van der Waals surface area contributed by atoms with Crippen LogP contribution in [0.2, 0.25) is 5.02 Å². The van der Waals surface area contributed by atoms with Crippen LogP contribution in [0.15, 0.2) is 52.9 Å². The maximum Gasteiger partial charge on any atom is 0.417 e. The van der Waals surface area contributed by atoms with Gasteiger partial charge in [0.05, 0.1) is 21.8 Å². The van der Waals surface area contributed by atoms with Gasteiger partial charge < -0.3 is 9.47 Å². The van der Waals surface area contributed by atoms with E-state index in [1.165, 1.54) is 33.1 Å². The lowest BCUT2D eigenvalue weighted by molar-refractivity contribution is -0.139. The van der Waals surface area contributed by atoms with Crippen LogP contribution in [0.4, 0.5) is 22.0 Å². The number of carbonyl (C=O) groups is 1. The van der Waals surface area contributed by atoms with Crippen LogP contribution in [0.5, 0.6) is 0 Å². The molecule has 1 aliphatic heterocycles. The van der Waals surface area contributed by atoms with Crippen molar-refractivity contribution in [2.75, 3.05) is 13.1 Å². The van der Waals surface area contributed by atoms with Crippen molar-refractivity contribution in [3.63, 3.8) is 0 Å². The third kappa shape index (κ3) is 5.59. The highest BCUT2D eigenvalue weighted by molar-refractivity contribution is 7.10. The molecule has 1 fully saturated rings. The topological polar surface area (TPSA) is 73.0 Å². The minimum absolute atomic E-state index is 0.0255. The van der Waals surface area contributed by atoms with Gasteiger partial charge in [0.15, 0.2) is 5.82 Å². The summed E-state index contributed by atoms with van der Waals surface area (Å²) in [5.74, 6) is -1.42. The first-order chi connectivity index (χ1) is 18.5. The van der Waals surface area contributed by atoms with E-state index in [0.717, 1.165) is 17.1 Å². The van der Waals surface area contributed by atoms with Gasteiger partial charge in [0.25, 0.3) is 5.56 Å². The number of carbonyl (C=O) groups excluding carboxylic acids is 1. The van der Waals surface area contributed by atoms with Crippen LogP contribution in [0.1, 0.15) is 29.3 Å². The number of halogens is 6. The van der Waals surface area contributed by atoms with Gasteiger partial charge >= 0.3 is 6.18 Å². The maximum atomic E-state index is 14.1. The quantitative estimate of drug-likeness (QED) is 0.290. The number of hydrogen-bond acceptors (Lipinski definition) is 5. The molecule has 0 spiro atoms. The first kappa shape index (κ1) is 27.0. The van der Waals surface area contributed by atoms with E-state index in [-0.39, 0.29) is 17.2 Å². The van der Waals surface area contributed by atoms with Crippen molar-refractivity contribution < 1.29 is 26.7 Å². The molecule has 0 aliphatic carbocycles. The van der Waals surface area contributed by atoms with Gasteiger partial charge in [-0.1, -0.05) is 17.7 Å². The van der Waals surface area contributed by atoms with E-state index in [4.69, 9.17) is 11.6 Å². The number of likely N-dealkylation sites (tertiary alicyclic amines) is 1. The molecule has 0 unspecified atom stereocenters. The predicted octanol–water partition coefficient (Wildman–Crippen LogP) is 5.51. The maximum absolute atomic E-state index is 14.1. The monoisotopic (exact) mass is 583 g/mol. The Labute approximate surface area is 227 Å². The first-order valence-electron chi connectivity index (χ1n) is 11.7. The van der Waals surface area contributed by atoms with Gasteiger partial charge in [-0.3, -0.25) is 9.59 Å². The lowest BCUT2D eigenvalue weighted by Gasteiger charge is -2.31. The van der Waals surface area contributed by atoms with Gasteiger partial charge in [0.2, 0.25) is 5.91 Å². The number of hydrogen-bond donors (Lipinski definition) is 0. The van der Waals surface area contributed by atoms with Crippen LogP contribution in [-0.2, 0) is 17.5 Å². The number of pyridine rings is 1. The number of rotatable bonds is 5. The summed E-state index contributed by atoms with van der Waals surface area (Å²) in [5.41, 5.74) is -2.07. The Morgan fingerprint density at radius 3 is 2.49 bits per heavy atom. The summed E-state index contributed by atoms with van der Waals surface area (Å²) < 4.78 is 69.6. The molecule has 0 bridgehead atoms. The number of aromatic nitrogens is 4. The van der Waals surface area contributed by atoms with Crippen LogP contribution in [0, 0.1) is 11.6 Å². The molecule has 7 nitrogen and oxygen atoms in total. The van der Waals surface area contributed by atoms with Gasteiger partial charge in [-0.2, -0.15) is 18.3 Å². The summed E-state index contributed by atoms with van der Waals surface area (Å²) in [6, 6.07) is 5.62. The number of alkyl halides is 3. The van der Waals surface area contributed by atoms with Crippen LogP contribution >= 0.6 is 22.9 Å². The van der Waals surface area contributed by atoms with E-state index in [2.05, 4.69) is 10.1 Å². The minimum Gasteiger partial charge on any atom is -0.341 e. The first-order valence-corrected chi connectivity index (χ1v) is 13.0. The van der Waals surface area contributed by atoms with E-state index < -0.39 is 46.4 Å². The standard InChI is InChI=1S/C25H19ClF5N5O2S/c26-16-10-15(25(29,30)31)11-35(24(16)38)12-21(37)34-7-4-14(5-8-34)23-32-20(13-39-23)36-9-6-19(33-36)22-17(27)2-1-3-18(22)28/h1-3,6,9-11,13-14H,4-5,7-8,12H2. The summed E-state index contributed by atoms with van der Waals surface area (Å²) in [6.45, 7) is 0.107. The molecule has 39 heavy (non-hydrogen) atoms. The Kier molecular flexibility index (Phi) is 7.29. The van der Waals surface area contributed by atoms with Crippen molar-refractivity contribution in [2.24, 2.45) is 0 Å². The van der Waals surface area contributed by atoms with Crippen LogP contribution in [0.3, 0.4) is 0 Å². The molecule has 1 amide bonds. The van der Waals surface area contributed by atoms with Crippen LogP contribution in [-0.4, -0.2) is 43.2 Å². The van der Waals surface area contributed by atoms with Crippen LogP contribution in [0.25, 0.3) is 17.1 Å². The SMILES string of the molecule is O=C(Cn1cc(C(F)(F)F)cc(Cl)c1=O)N1CCC(c2nc(-n3ccc(-c4c(F)cccc4F)n3)cs2)CC1. The Morgan fingerprint density at radius 2 is 1.82 bits per heavy atom. The average Bonchev–Trinajstić information content (AvgIpc) is 3.56. The molecular weight excluding hydrogens is 565 g/mol. The second-order valence-corrected chi connectivity index (χ2v) is 10.2. The molecule has 1 aliphatic rings. The largest absolute Gasteiger partial charge is 0.417 e. The van der Waals surface area contributed by atoms with E-state index in [1.54, 1.807) is 11.6 Å². The molecule has 5 rings (SSSR count). The van der Waals surface area contributed by atoms with Gasteiger partial charge in [-0.15, -0.1) is 11.3 Å². The molecule has 204 valence electrons. The zero-order valence-electron chi connectivity index (χ0n) is 20.0. The number of nitrogens with zero attached hydrogens (tertiary/aromatic N) is 5. The molecule has 0 saturated carbocycles. The van der Waals surface area contributed by atoms with Crippen LogP contribution < -0.4 is 5.56 Å². The number of thiazole rings is 1. The van der Waals surface area contributed by atoms with E-state index in [0.29, 0.717) is 48.6 Å². The van der Waals surface area contributed by atoms with Gasteiger partial charge in [-0.25, -0.2) is 18.4 Å². The highest BCUT2D eigenvalue weighted by Crippen LogP contribution is 2.32. The highest BCUT2D eigenvalue weighted by Gasteiger charge is 2.33. The molecule has 0 radical (unpaired) electrons. The molecule has 0 N–H and O–H groups in total. The zero-order chi connectivity index (χ0) is 27.9. The molecule has 4 heterocycles. The molecule has 0 atom stereocenters.